The number of hydrogen-bond acceptors (Lipinski definition) is 7. The van der Waals surface area contributed by atoms with Crippen LogP contribution in [0.1, 0.15) is 12.8 Å². The molecule has 148 valence electrons. The Balaban J connectivity index is 1.52. The summed E-state index contributed by atoms with van der Waals surface area (Å²) in [5.74, 6) is 2.07. The predicted octanol–water partition coefficient (Wildman–Crippen LogP) is 0.268. The van der Waals surface area contributed by atoms with Gasteiger partial charge in [-0.2, -0.15) is 0 Å². The van der Waals surface area contributed by atoms with Crippen molar-refractivity contribution in [1.82, 2.24) is 14.9 Å². The van der Waals surface area contributed by atoms with E-state index in [1.54, 1.807) is 14.2 Å². The summed E-state index contributed by atoms with van der Waals surface area (Å²) >= 11 is 2.50. The van der Waals surface area contributed by atoms with Crippen molar-refractivity contribution < 1.29 is 19.0 Å². The molecule has 1 amide bonds. The molecule has 0 spiro atoms. The van der Waals surface area contributed by atoms with Crippen LogP contribution in [0.2, 0.25) is 0 Å². The predicted molar refractivity (Wildman–Crippen MR) is 106 cm³/mol. The van der Waals surface area contributed by atoms with E-state index in [2.05, 4.69) is 26.7 Å². The first-order chi connectivity index (χ1) is 13.6. The maximum absolute atomic E-state index is 12.5. The average molecular weight is 446 g/mol. The van der Waals surface area contributed by atoms with Gasteiger partial charge >= 0.3 is 172 Å². The molecule has 3 heterocycles. The van der Waals surface area contributed by atoms with Gasteiger partial charge in [0.1, 0.15) is 0 Å². The summed E-state index contributed by atoms with van der Waals surface area (Å²) in [4.78, 5) is 25.9. The van der Waals surface area contributed by atoms with Crippen LogP contribution in [0.4, 0.5) is 5.95 Å². The number of aromatic nitrogens is 2. The van der Waals surface area contributed by atoms with E-state index in [0.29, 0.717) is 50.2 Å². The summed E-state index contributed by atoms with van der Waals surface area (Å²) in [5.41, 5.74) is 0.802. The van der Waals surface area contributed by atoms with Gasteiger partial charge in [-0.1, -0.05) is 0 Å². The molecule has 1 aromatic heterocycles. The third-order valence-electron chi connectivity index (χ3n) is 5.25. The fourth-order valence-corrected chi connectivity index (χ4v) is 4.24. The molecular formula is C19H23AsN4O4. The molecule has 0 saturated carbocycles. The van der Waals surface area contributed by atoms with Gasteiger partial charge in [-0.3, -0.25) is 0 Å². The molecule has 1 atom stereocenters. The van der Waals surface area contributed by atoms with E-state index in [1.165, 1.54) is 0 Å². The minimum atomic E-state index is -0.259. The van der Waals surface area contributed by atoms with E-state index in [1.807, 2.05) is 17.0 Å². The Morgan fingerprint density at radius 3 is 2.50 bits per heavy atom. The van der Waals surface area contributed by atoms with Crippen LogP contribution in [0.5, 0.6) is 11.5 Å². The van der Waals surface area contributed by atoms with E-state index in [9.17, 15) is 4.79 Å². The van der Waals surface area contributed by atoms with Crippen LogP contribution < -0.4 is 18.9 Å². The SMILES string of the molecule is COc1cc2nc(N3CCN(C(=O)C4CCCO4)CC3)nc([As])c2cc1OC. The average Bonchev–Trinajstić information content (AvgIpc) is 3.27. The first-order valence-electron chi connectivity index (χ1n) is 9.39. The van der Waals surface area contributed by atoms with Crippen LogP contribution in [0.25, 0.3) is 10.9 Å². The number of amides is 1. The van der Waals surface area contributed by atoms with E-state index >= 15 is 0 Å². The van der Waals surface area contributed by atoms with Crippen molar-refractivity contribution in [2.75, 3.05) is 51.9 Å². The van der Waals surface area contributed by atoms with E-state index in [4.69, 9.17) is 19.2 Å². The van der Waals surface area contributed by atoms with Crippen LogP contribution in [-0.4, -0.2) is 90.7 Å². The summed E-state index contributed by atoms with van der Waals surface area (Å²) in [6.45, 7) is 3.39. The van der Waals surface area contributed by atoms with Crippen LogP contribution in [0, 0.1) is 0 Å². The van der Waals surface area contributed by atoms with E-state index in [0.717, 1.165) is 28.2 Å². The number of benzene rings is 1. The van der Waals surface area contributed by atoms with Crippen molar-refractivity contribution in [2.24, 2.45) is 0 Å². The van der Waals surface area contributed by atoms with Gasteiger partial charge in [0.15, 0.2) is 0 Å². The third kappa shape index (κ3) is 3.63. The second-order valence-electron chi connectivity index (χ2n) is 6.89. The van der Waals surface area contributed by atoms with Gasteiger partial charge in [-0.15, -0.1) is 0 Å². The zero-order chi connectivity index (χ0) is 19.7. The molecule has 8 nitrogen and oxygen atoms in total. The number of carbonyl (C=O) groups is 1. The van der Waals surface area contributed by atoms with Gasteiger partial charge in [0, 0.05) is 0 Å². The molecule has 2 saturated heterocycles. The van der Waals surface area contributed by atoms with E-state index < -0.39 is 0 Å². The number of rotatable bonds is 4. The number of methoxy groups -OCH3 is 2. The van der Waals surface area contributed by atoms with Crippen molar-refractivity contribution in [3.63, 3.8) is 0 Å². The summed E-state index contributed by atoms with van der Waals surface area (Å²) in [5, 5.41) is 0.911. The summed E-state index contributed by atoms with van der Waals surface area (Å²) < 4.78 is 17.1. The molecule has 0 aliphatic carbocycles. The standard InChI is InChI=1S/C19H23AsN4O4/c1-26-15-10-12-13(11-16(15)27-2)21-19(22-17(12)20)24-7-5-23(6-8-24)18(25)14-4-3-9-28-14/h10-11,14H,3-9H2,1-2H3. The Labute approximate surface area is 172 Å². The van der Waals surface area contributed by atoms with Crippen molar-refractivity contribution in [3.05, 3.63) is 12.1 Å². The first kappa shape index (κ1) is 19.3. The molecule has 1 aromatic carbocycles. The Morgan fingerprint density at radius 1 is 1.14 bits per heavy atom. The Morgan fingerprint density at radius 2 is 1.86 bits per heavy atom. The Hall–Kier alpha value is -2.05. The van der Waals surface area contributed by atoms with Crippen molar-refractivity contribution in [3.8, 4) is 11.5 Å². The molecule has 28 heavy (non-hydrogen) atoms. The van der Waals surface area contributed by atoms with Crippen molar-refractivity contribution in [2.45, 2.75) is 18.9 Å². The van der Waals surface area contributed by atoms with Gasteiger partial charge in [0.2, 0.25) is 0 Å². The van der Waals surface area contributed by atoms with Gasteiger partial charge in [-0.05, 0) is 0 Å². The first-order valence-corrected chi connectivity index (χ1v) is 10.3. The maximum atomic E-state index is 12.5. The number of nitrogens with zero attached hydrogens (tertiary/aromatic N) is 4. The van der Waals surface area contributed by atoms with Crippen LogP contribution >= 0.6 is 0 Å². The molecule has 2 aliphatic heterocycles. The van der Waals surface area contributed by atoms with Gasteiger partial charge in [0.25, 0.3) is 0 Å². The van der Waals surface area contributed by atoms with Crippen molar-refractivity contribution in [1.29, 1.82) is 0 Å². The normalized spacial score (nSPS) is 19.9. The third-order valence-corrected chi connectivity index (χ3v) is 5.96. The number of hydrogen-bond donors (Lipinski definition) is 0. The zero-order valence-corrected chi connectivity index (χ0v) is 17.9. The number of piperazine rings is 1. The molecule has 2 radical (unpaired) electrons. The zero-order valence-electron chi connectivity index (χ0n) is 16.1. The topological polar surface area (TPSA) is 77.0 Å². The van der Waals surface area contributed by atoms with Crippen LogP contribution in [-0.2, 0) is 9.53 Å². The fourth-order valence-electron chi connectivity index (χ4n) is 3.67. The Kier molecular flexibility index (Phi) is 5.60. The molecule has 9 heteroatoms. The van der Waals surface area contributed by atoms with Gasteiger partial charge < -0.3 is 0 Å². The summed E-state index contributed by atoms with van der Waals surface area (Å²) in [6.07, 6.45) is 1.54. The summed E-state index contributed by atoms with van der Waals surface area (Å²) in [7, 11) is 3.22. The van der Waals surface area contributed by atoms with Crippen molar-refractivity contribution >= 4 is 44.1 Å². The van der Waals surface area contributed by atoms with Gasteiger partial charge in [0.05, 0.1) is 0 Å². The molecule has 0 bridgehead atoms. The molecule has 2 aromatic rings. The minimum absolute atomic E-state index is 0.112. The van der Waals surface area contributed by atoms with Gasteiger partial charge in [-0.25, -0.2) is 0 Å². The molecular weight excluding hydrogens is 423 g/mol. The quantitative estimate of drug-likeness (QED) is 0.624. The molecule has 0 N–H and O–H groups in total. The number of carbonyl (C=O) groups excluding carboxylic acids is 1. The molecule has 2 fully saturated rings. The number of fused-ring (bicyclic) bond motifs is 1. The molecule has 2 aliphatic rings. The second-order valence-corrected chi connectivity index (χ2v) is 7.77. The van der Waals surface area contributed by atoms with Crippen LogP contribution in [0.15, 0.2) is 12.1 Å². The second kappa shape index (κ2) is 8.13. The molecule has 4 rings (SSSR count). The van der Waals surface area contributed by atoms with Crippen LogP contribution in [0.3, 0.4) is 0 Å². The Bertz CT molecular complexity index is 880. The number of anilines is 1. The number of ether oxygens (including phenoxy) is 3. The summed E-state index contributed by atoms with van der Waals surface area (Å²) in [6, 6.07) is 3.76. The fraction of sp³-hybridized carbons (Fsp3) is 0.526. The monoisotopic (exact) mass is 446 g/mol. The van der Waals surface area contributed by atoms with E-state index in [-0.39, 0.29) is 12.0 Å². The molecule has 1 unspecified atom stereocenters.